The summed E-state index contributed by atoms with van der Waals surface area (Å²) in [5.41, 5.74) is 1.05. The van der Waals surface area contributed by atoms with Gasteiger partial charge in [-0.25, -0.2) is 5.84 Å². The van der Waals surface area contributed by atoms with Gasteiger partial charge >= 0.3 is 5.65 Å². The van der Waals surface area contributed by atoms with Gasteiger partial charge in [0.25, 0.3) is 7.37 Å². The van der Waals surface area contributed by atoms with Crippen molar-refractivity contribution in [3.05, 3.63) is 0 Å². The molecule has 0 aliphatic carbocycles. The van der Waals surface area contributed by atoms with Gasteiger partial charge in [0.2, 0.25) is 0 Å². The Morgan fingerprint density at radius 1 is 1.67 bits per heavy atom. The first-order valence-electron chi connectivity index (χ1n) is 3.63. The van der Waals surface area contributed by atoms with E-state index in [0.29, 0.717) is 6.61 Å². The van der Waals surface area contributed by atoms with E-state index in [0.717, 1.165) is 0 Å². The normalized spacial score (nSPS) is 15.8. The van der Waals surface area contributed by atoms with Crippen LogP contribution < -0.4 is 11.3 Å². The highest BCUT2D eigenvalue weighted by Gasteiger charge is 2.26. The number of hydrogen-bond donors (Lipinski definition) is 2. The van der Waals surface area contributed by atoms with E-state index in [1.54, 1.807) is 5.43 Å². The fraction of sp³-hybridized carbons (Fsp3) is 0.833. The van der Waals surface area contributed by atoms with Gasteiger partial charge in [-0.2, -0.15) is 0 Å². The Hall–Kier alpha value is -0.380. The van der Waals surface area contributed by atoms with Crippen LogP contribution in [-0.2, 0) is 9.09 Å². The fourth-order valence-electron chi connectivity index (χ4n) is 0.467. The highest BCUT2D eigenvalue weighted by Crippen LogP contribution is 2.43. The average Bonchev–Trinajstić information content (AvgIpc) is 1.99. The standard InChI is InChI=1S/C6H15N2O3P/c1-5(2)4-11-12(3,10)6(9)8-7/h5H,4,7H2,1-3H3,(H,8,9)/t12-/m1/s1. The molecule has 0 aliphatic rings. The van der Waals surface area contributed by atoms with Crippen LogP contribution >= 0.6 is 7.37 Å². The Bertz CT molecular complexity index is 205. The second-order valence-corrected chi connectivity index (χ2v) is 5.34. The number of hydrazine groups is 1. The number of carbonyl (C=O) groups is 1. The van der Waals surface area contributed by atoms with E-state index < -0.39 is 13.0 Å². The molecule has 1 atom stereocenters. The molecule has 0 aromatic heterocycles. The average molecular weight is 194 g/mol. The molecule has 0 fully saturated rings. The van der Waals surface area contributed by atoms with Gasteiger partial charge in [0.15, 0.2) is 0 Å². The third-order valence-electron chi connectivity index (χ3n) is 1.15. The molecule has 6 heteroatoms. The lowest BCUT2D eigenvalue weighted by Crippen LogP contribution is -2.29. The molecule has 0 saturated heterocycles. The minimum atomic E-state index is -3.21. The Morgan fingerprint density at radius 2 is 2.17 bits per heavy atom. The van der Waals surface area contributed by atoms with Gasteiger partial charge in [-0.15, -0.1) is 0 Å². The van der Waals surface area contributed by atoms with Gasteiger partial charge < -0.3 is 4.52 Å². The number of nitrogens with two attached hydrogens (primary N) is 1. The van der Waals surface area contributed by atoms with Crippen molar-refractivity contribution in [2.24, 2.45) is 11.8 Å². The lowest BCUT2D eigenvalue weighted by Gasteiger charge is -2.12. The fourth-order valence-corrected chi connectivity index (χ4v) is 1.40. The lowest BCUT2D eigenvalue weighted by atomic mass is 10.2. The lowest BCUT2D eigenvalue weighted by molar-refractivity contribution is 0.241. The summed E-state index contributed by atoms with van der Waals surface area (Å²) in [6.07, 6.45) is 0. The maximum Gasteiger partial charge on any atom is 0.319 e. The van der Waals surface area contributed by atoms with E-state index in [1.807, 2.05) is 13.8 Å². The third-order valence-corrected chi connectivity index (χ3v) is 2.66. The molecule has 1 amide bonds. The molecule has 0 heterocycles. The second kappa shape index (κ2) is 4.60. The van der Waals surface area contributed by atoms with Crippen LogP contribution in [0.1, 0.15) is 13.8 Å². The number of carbonyl (C=O) groups excluding carboxylic acids is 1. The Balaban J connectivity index is 4.05. The van der Waals surface area contributed by atoms with Crippen LogP contribution in [-0.4, -0.2) is 18.9 Å². The van der Waals surface area contributed by atoms with Crippen LogP contribution in [0.5, 0.6) is 0 Å². The smallest absolute Gasteiger partial charge is 0.319 e. The van der Waals surface area contributed by atoms with Crippen molar-refractivity contribution in [2.45, 2.75) is 13.8 Å². The minimum Gasteiger partial charge on any atom is -0.322 e. The third kappa shape index (κ3) is 3.85. The van der Waals surface area contributed by atoms with E-state index in [4.69, 9.17) is 10.4 Å². The summed E-state index contributed by atoms with van der Waals surface area (Å²) in [6.45, 7) is 5.35. The van der Waals surface area contributed by atoms with Crippen LogP contribution in [0.25, 0.3) is 0 Å². The van der Waals surface area contributed by atoms with Crippen LogP contribution in [0, 0.1) is 5.92 Å². The zero-order chi connectivity index (χ0) is 9.78. The van der Waals surface area contributed by atoms with Crippen molar-refractivity contribution in [1.82, 2.24) is 5.43 Å². The first kappa shape index (κ1) is 11.6. The van der Waals surface area contributed by atoms with E-state index in [9.17, 15) is 9.36 Å². The molecule has 72 valence electrons. The highest BCUT2D eigenvalue weighted by molar-refractivity contribution is 7.75. The van der Waals surface area contributed by atoms with Gasteiger partial charge in [-0.1, -0.05) is 13.8 Å². The van der Waals surface area contributed by atoms with E-state index in [1.165, 1.54) is 6.66 Å². The number of rotatable bonds is 4. The van der Waals surface area contributed by atoms with Gasteiger partial charge in [0, 0.05) is 6.66 Å². The predicted molar refractivity (Wildman–Crippen MR) is 47.0 cm³/mol. The summed E-state index contributed by atoms with van der Waals surface area (Å²) < 4.78 is 16.2. The van der Waals surface area contributed by atoms with Crippen LogP contribution in [0.3, 0.4) is 0 Å². The van der Waals surface area contributed by atoms with Gasteiger partial charge in [0.05, 0.1) is 6.61 Å². The minimum absolute atomic E-state index is 0.240. The summed E-state index contributed by atoms with van der Waals surface area (Å²) >= 11 is 0. The zero-order valence-corrected chi connectivity index (χ0v) is 8.43. The summed E-state index contributed by atoms with van der Waals surface area (Å²) in [5.74, 6) is 5.05. The van der Waals surface area contributed by atoms with Crippen molar-refractivity contribution in [3.63, 3.8) is 0 Å². The molecule has 0 radical (unpaired) electrons. The van der Waals surface area contributed by atoms with E-state index in [2.05, 4.69) is 0 Å². The molecule has 3 N–H and O–H groups in total. The summed E-state index contributed by atoms with van der Waals surface area (Å²) in [5, 5.41) is 0. The largest absolute Gasteiger partial charge is 0.322 e. The number of nitrogens with one attached hydrogen (secondary N) is 1. The van der Waals surface area contributed by atoms with Crippen molar-refractivity contribution >= 4 is 13.0 Å². The molecule has 12 heavy (non-hydrogen) atoms. The molecule has 0 saturated carbocycles. The van der Waals surface area contributed by atoms with E-state index >= 15 is 0 Å². The second-order valence-electron chi connectivity index (χ2n) is 2.98. The molecule has 5 nitrogen and oxygen atoms in total. The highest BCUT2D eigenvalue weighted by atomic mass is 31.2. The van der Waals surface area contributed by atoms with Crippen LogP contribution in [0.2, 0.25) is 0 Å². The number of hydrogen-bond acceptors (Lipinski definition) is 4. The van der Waals surface area contributed by atoms with Crippen molar-refractivity contribution in [2.75, 3.05) is 13.3 Å². The quantitative estimate of drug-likeness (QED) is 0.304. The van der Waals surface area contributed by atoms with Gasteiger partial charge in [0.1, 0.15) is 0 Å². The molecule has 0 spiro atoms. The molecule has 0 rings (SSSR count). The first-order chi connectivity index (χ1) is 5.40. The molecule has 0 bridgehead atoms. The topological polar surface area (TPSA) is 81.4 Å². The van der Waals surface area contributed by atoms with Gasteiger partial charge in [-0.3, -0.25) is 14.8 Å². The number of amides is 1. The Morgan fingerprint density at radius 3 is 2.50 bits per heavy atom. The Labute approximate surface area is 72.1 Å². The summed E-state index contributed by atoms with van der Waals surface area (Å²) in [7, 11) is -3.21. The summed E-state index contributed by atoms with van der Waals surface area (Å²) in [4.78, 5) is 10.8. The molecule has 0 unspecified atom stereocenters. The SMILES string of the molecule is CC(C)CO[P@@](C)(=O)C(=O)NN. The van der Waals surface area contributed by atoms with E-state index in [-0.39, 0.29) is 5.92 Å². The molecule has 0 aliphatic heterocycles. The zero-order valence-electron chi connectivity index (χ0n) is 7.53. The van der Waals surface area contributed by atoms with Crippen LogP contribution in [0.15, 0.2) is 0 Å². The molecular formula is C6H15N2O3P. The predicted octanol–water partition coefficient (Wildman–Crippen LogP) is 1.15. The van der Waals surface area contributed by atoms with Gasteiger partial charge in [-0.05, 0) is 5.92 Å². The summed E-state index contributed by atoms with van der Waals surface area (Å²) in [6, 6.07) is 0. The first-order valence-corrected chi connectivity index (χ1v) is 5.70. The van der Waals surface area contributed by atoms with Crippen LogP contribution in [0.4, 0.5) is 4.79 Å². The molecule has 0 aromatic rings. The van der Waals surface area contributed by atoms with Crippen molar-refractivity contribution in [3.8, 4) is 0 Å². The Kier molecular flexibility index (Phi) is 4.45. The van der Waals surface area contributed by atoms with Crippen molar-refractivity contribution in [1.29, 1.82) is 0 Å². The monoisotopic (exact) mass is 194 g/mol. The maximum atomic E-state index is 11.3. The molecular weight excluding hydrogens is 179 g/mol. The maximum absolute atomic E-state index is 11.3. The molecule has 0 aromatic carbocycles. The van der Waals surface area contributed by atoms with Crippen molar-refractivity contribution < 1.29 is 13.9 Å².